The van der Waals surface area contributed by atoms with Crippen LogP contribution in [0.15, 0.2) is 78.9 Å². The van der Waals surface area contributed by atoms with E-state index in [1.165, 1.54) is 40.7 Å². The van der Waals surface area contributed by atoms with Crippen molar-refractivity contribution in [1.82, 2.24) is 0 Å². The van der Waals surface area contributed by atoms with Crippen molar-refractivity contribution in [2.24, 2.45) is 0 Å². The summed E-state index contributed by atoms with van der Waals surface area (Å²) < 4.78 is 5.59. The molecule has 0 amide bonds. The molecule has 0 aliphatic heterocycles. The number of hydrogen-bond acceptors (Lipinski definition) is 2. The van der Waals surface area contributed by atoms with E-state index in [4.69, 9.17) is 21.4 Å². The van der Waals surface area contributed by atoms with E-state index in [1.807, 2.05) is 18.2 Å². The van der Waals surface area contributed by atoms with Gasteiger partial charge >= 0.3 is 0 Å². The predicted molar refractivity (Wildman–Crippen MR) is 141 cm³/mol. The summed E-state index contributed by atoms with van der Waals surface area (Å²) in [6.45, 7) is 4.83. The summed E-state index contributed by atoms with van der Waals surface area (Å²) in [5.74, 6) is 1.88. The number of rotatable bonds is 12. The van der Waals surface area contributed by atoms with Gasteiger partial charge in [-0.2, -0.15) is 0 Å². The summed E-state index contributed by atoms with van der Waals surface area (Å²) in [7, 11) is 0. The highest BCUT2D eigenvalue weighted by Crippen LogP contribution is 2.37. The largest absolute Gasteiger partial charge is 0.491 e. The Hall–Kier alpha value is -2.55. The fourth-order valence-corrected chi connectivity index (χ4v) is 4.64. The normalized spacial score (nSPS) is 12.8. The van der Waals surface area contributed by atoms with Crippen LogP contribution in [-0.4, -0.2) is 24.2 Å². The Kier molecular flexibility index (Phi) is 10.1. The molecule has 33 heavy (non-hydrogen) atoms. The molecule has 0 aliphatic rings. The van der Waals surface area contributed by atoms with Crippen molar-refractivity contribution >= 4 is 22.7 Å². The third-order valence-corrected chi connectivity index (χ3v) is 6.24. The van der Waals surface area contributed by atoms with Crippen molar-refractivity contribution in [2.75, 3.05) is 19.1 Å². The Morgan fingerprint density at radius 1 is 0.879 bits per heavy atom. The van der Waals surface area contributed by atoms with Gasteiger partial charge in [0.2, 0.25) is 0 Å². The van der Waals surface area contributed by atoms with Gasteiger partial charge in [-0.25, -0.2) is 0 Å². The van der Waals surface area contributed by atoms with Gasteiger partial charge in [0.05, 0.1) is 6.61 Å². The van der Waals surface area contributed by atoms with Crippen LogP contribution < -0.4 is 4.74 Å². The van der Waals surface area contributed by atoms with Gasteiger partial charge in [0.1, 0.15) is 12.4 Å². The van der Waals surface area contributed by atoms with Crippen molar-refractivity contribution in [3.63, 3.8) is 0 Å². The second-order valence-electron chi connectivity index (χ2n) is 8.27. The van der Waals surface area contributed by atoms with Gasteiger partial charge in [-0.15, -0.1) is 11.6 Å². The molecular formula is C30H35ClO2. The van der Waals surface area contributed by atoms with Crippen LogP contribution in [0.3, 0.4) is 0 Å². The van der Waals surface area contributed by atoms with Crippen LogP contribution in [-0.2, 0) is 0 Å². The molecule has 0 spiro atoms. The zero-order valence-electron chi connectivity index (χ0n) is 19.8. The first-order valence-corrected chi connectivity index (χ1v) is 12.5. The Bertz CT molecular complexity index is 1010. The average molecular weight is 463 g/mol. The fraction of sp³-hybridized carbons (Fsp3) is 0.333. The van der Waals surface area contributed by atoms with E-state index in [-0.39, 0.29) is 6.61 Å². The minimum atomic E-state index is 0.00390. The summed E-state index contributed by atoms with van der Waals surface area (Å²) >= 11 is 6.32. The van der Waals surface area contributed by atoms with Crippen molar-refractivity contribution in [2.45, 2.75) is 45.4 Å². The third kappa shape index (κ3) is 6.72. The number of benzene rings is 3. The van der Waals surface area contributed by atoms with E-state index in [0.29, 0.717) is 18.4 Å². The predicted octanol–water partition coefficient (Wildman–Crippen LogP) is 7.94. The Morgan fingerprint density at radius 3 is 2.24 bits per heavy atom. The lowest BCUT2D eigenvalue weighted by atomic mass is 9.85. The summed E-state index contributed by atoms with van der Waals surface area (Å²) in [6.07, 6.45) is 4.30. The molecule has 1 unspecified atom stereocenters. The van der Waals surface area contributed by atoms with Gasteiger partial charge in [-0.1, -0.05) is 87.0 Å². The van der Waals surface area contributed by atoms with Gasteiger partial charge in [0.15, 0.2) is 0 Å². The lowest BCUT2D eigenvalue weighted by molar-refractivity contribution is 0.201. The van der Waals surface area contributed by atoms with Gasteiger partial charge in [-0.05, 0) is 70.7 Å². The molecule has 3 aromatic carbocycles. The summed E-state index contributed by atoms with van der Waals surface area (Å²) in [5, 5.41) is 9.06. The molecular weight excluding hydrogens is 428 g/mol. The smallest absolute Gasteiger partial charge is 0.119 e. The van der Waals surface area contributed by atoms with Gasteiger partial charge in [-0.3, -0.25) is 0 Å². The Morgan fingerprint density at radius 2 is 1.61 bits per heavy atom. The molecule has 3 aromatic rings. The topological polar surface area (TPSA) is 29.5 Å². The Labute approximate surface area is 203 Å². The van der Waals surface area contributed by atoms with E-state index >= 15 is 0 Å². The highest BCUT2D eigenvalue weighted by Gasteiger charge is 2.16. The molecule has 174 valence electrons. The van der Waals surface area contributed by atoms with Gasteiger partial charge in [0, 0.05) is 5.88 Å². The highest BCUT2D eigenvalue weighted by atomic mass is 35.5. The number of alkyl halides is 1. The standard InChI is InChI=1S/C30H35ClO2/c1-3-9-23(4-2)26-12-8-13-27(22-26)30(25-14-16-28(17-15-25)33-21-20-32)29(18-19-31)24-10-6-5-7-11-24/h5-8,10-17,22-23,32H,3-4,9,18-21H2,1-2H3/b30-29+. The molecule has 0 bridgehead atoms. The number of aliphatic hydroxyl groups is 1. The number of ether oxygens (including phenoxy) is 1. The molecule has 0 heterocycles. The first-order valence-electron chi connectivity index (χ1n) is 12.0. The van der Waals surface area contributed by atoms with E-state index in [9.17, 15) is 0 Å². The molecule has 3 heteroatoms. The molecule has 0 fully saturated rings. The van der Waals surface area contributed by atoms with Crippen molar-refractivity contribution in [3.8, 4) is 5.75 Å². The number of allylic oxidation sites excluding steroid dienone is 1. The van der Waals surface area contributed by atoms with Crippen LogP contribution >= 0.6 is 11.6 Å². The lowest BCUT2D eigenvalue weighted by Gasteiger charge is -2.20. The molecule has 0 aromatic heterocycles. The highest BCUT2D eigenvalue weighted by molar-refractivity contribution is 6.18. The molecule has 1 atom stereocenters. The number of halogens is 1. The third-order valence-electron chi connectivity index (χ3n) is 6.05. The molecule has 0 saturated heterocycles. The van der Waals surface area contributed by atoms with E-state index in [2.05, 4.69) is 74.5 Å². The van der Waals surface area contributed by atoms with Gasteiger partial charge < -0.3 is 9.84 Å². The van der Waals surface area contributed by atoms with Crippen LogP contribution in [0.2, 0.25) is 0 Å². The van der Waals surface area contributed by atoms with E-state index < -0.39 is 0 Å². The first kappa shape index (κ1) is 25.1. The maximum absolute atomic E-state index is 9.06. The molecule has 1 N–H and O–H groups in total. The Balaban J connectivity index is 2.17. The van der Waals surface area contributed by atoms with Crippen LogP contribution in [0, 0.1) is 0 Å². The number of hydrogen-bond donors (Lipinski definition) is 1. The maximum atomic E-state index is 9.06. The average Bonchev–Trinajstić information content (AvgIpc) is 2.87. The van der Waals surface area contributed by atoms with Crippen LogP contribution in [0.1, 0.15) is 67.7 Å². The van der Waals surface area contributed by atoms with E-state index in [0.717, 1.165) is 24.2 Å². The number of aliphatic hydroxyl groups excluding tert-OH is 1. The maximum Gasteiger partial charge on any atom is 0.119 e. The minimum absolute atomic E-state index is 0.00390. The van der Waals surface area contributed by atoms with E-state index in [1.54, 1.807) is 0 Å². The second kappa shape index (κ2) is 13.2. The molecule has 0 radical (unpaired) electrons. The van der Waals surface area contributed by atoms with Crippen LogP contribution in [0.25, 0.3) is 11.1 Å². The quantitative estimate of drug-likeness (QED) is 0.218. The molecule has 3 rings (SSSR count). The first-order chi connectivity index (χ1) is 16.2. The fourth-order valence-electron chi connectivity index (χ4n) is 4.45. The van der Waals surface area contributed by atoms with Crippen LogP contribution in [0.5, 0.6) is 5.75 Å². The van der Waals surface area contributed by atoms with Crippen LogP contribution in [0.4, 0.5) is 0 Å². The molecule has 2 nitrogen and oxygen atoms in total. The minimum Gasteiger partial charge on any atom is -0.491 e. The summed E-state index contributed by atoms with van der Waals surface area (Å²) in [5.41, 5.74) is 7.40. The van der Waals surface area contributed by atoms with Crippen molar-refractivity contribution < 1.29 is 9.84 Å². The van der Waals surface area contributed by atoms with Crippen molar-refractivity contribution in [1.29, 1.82) is 0 Å². The zero-order valence-corrected chi connectivity index (χ0v) is 20.5. The van der Waals surface area contributed by atoms with Gasteiger partial charge in [0.25, 0.3) is 0 Å². The summed E-state index contributed by atoms with van der Waals surface area (Å²) in [4.78, 5) is 0. The lowest BCUT2D eigenvalue weighted by Crippen LogP contribution is -2.02. The second-order valence-corrected chi connectivity index (χ2v) is 8.65. The zero-order chi connectivity index (χ0) is 23.5. The molecule has 0 saturated carbocycles. The monoisotopic (exact) mass is 462 g/mol. The molecule has 0 aliphatic carbocycles. The van der Waals surface area contributed by atoms with Crippen molar-refractivity contribution in [3.05, 3.63) is 101 Å². The SMILES string of the molecule is CCCC(CC)c1cccc(/C(=C(\CCCl)c2ccccc2)c2ccc(OCCO)cc2)c1. The summed E-state index contributed by atoms with van der Waals surface area (Å²) in [6, 6.07) is 27.7.